The van der Waals surface area contributed by atoms with Gasteiger partial charge in [0.1, 0.15) is 6.10 Å². The maximum Gasteiger partial charge on any atom is 0.414 e. The molecule has 3 atom stereocenters. The fourth-order valence-corrected chi connectivity index (χ4v) is 4.44. The molecular formula is C22H29N3O4. The molecule has 2 saturated heterocycles. The van der Waals surface area contributed by atoms with Crippen LogP contribution in [-0.2, 0) is 9.53 Å². The summed E-state index contributed by atoms with van der Waals surface area (Å²) in [5, 5.41) is 18.1. The molecule has 2 fully saturated rings. The van der Waals surface area contributed by atoms with E-state index in [9.17, 15) is 9.59 Å². The van der Waals surface area contributed by atoms with Crippen LogP contribution in [0.1, 0.15) is 45.6 Å². The molecule has 3 unspecified atom stereocenters. The van der Waals surface area contributed by atoms with E-state index in [2.05, 4.69) is 31.7 Å². The molecule has 1 N–H and O–H groups in total. The number of amides is 1. The smallest absolute Gasteiger partial charge is 0.414 e. The van der Waals surface area contributed by atoms with Gasteiger partial charge in [-0.1, -0.05) is 20.8 Å². The van der Waals surface area contributed by atoms with Crippen molar-refractivity contribution in [1.82, 2.24) is 4.90 Å². The zero-order valence-corrected chi connectivity index (χ0v) is 17.3. The van der Waals surface area contributed by atoms with Gasteiger partial charge < -0.3 is 9.84 Å². The fraction of sp³-hybridized carbons (Fsp3) is 0.591. The monoisotopic (exact) mass is 399 g/mol. The van der Waals surface area contributed by atoms with E-state index in [0.29, 0.717) is 18.7 Å². The lowest BCUT2D eigenvalue weighted by molar-refractivity contribution is -0.139. The average Bonchev–Trinajstić information content (AvgIpc) is 3.02. The molecule has 0 saturated carbocycles. The minimum atomic E-state index is -0.737. The van der Waals surface area contributed by atoms with Crippen molar-refractivity contribution >= 4 is 17.7 Å². The maximum absolute atomic E-state index is 12.4. The van der Waals surface area contributed by atoms with Gasteiger partial charge in [-0.25, -0.2) is 4.79 Å². The van der Waals surface area contributed by atoms with E-state index in [-0.39, 0.29) is 36.0 Å². The van der Waals surface area contributed by atoms with E-state index < -0.39 is 5.97 Å². The van der Waals surface area contributed by atoms with Crippen LogP contribution in [0.4, 0.5) is 10.5 Å². The zero-order chi connectivity index (χ0) is 21.2. The van der Waals surface area contributed by atoms with Crippen molar-refractivity contribution in [1.29, 1.82) is 5.26 Å². The van der Waals surface area contributed by atoms with Gasteiger partial charge >= 0.3 is 12.1 Å². The Kier molecular flexibility index (Phi) is 6.13. The fourth-order valence-electron chi connectivity index (χ4n) is 4.44. The molecule has 0 bridgehead atoms. The summed E-state index contributed by atoms with van der Waals surface area (Å²) in [6.07, 6.45) is 1.30. The van der Waals surface area contributed by atoms with Crippen LogP contribution in [0.25, 0.3) is 0 Å². The van der Waals surface area contributed by atoms with Gasteiger partial charge in [-0.2, -0.15) is 5.26 Å². The van der Waals surface area contributed by atoms with Crippen LogP contribution >= 0.6 is 0 Å². The number of hydrogen-bond acceptors (Lipinski definition) is 5. The summed E-state index contributed by atoms with van der Waals surface area (Å²) in [7, 11) is 0. The number of carboxylic acids is 1. The third-order valence-electron chi connectivity index (χ3n) is 5.91. The number of carboxylic acid groups (broad SMARTS) is 1. The molecule has 3 rings (SSSR count). The summed E-state index contributed by atoms with van der Waals surface area (Å²) < 4.78 is 5.63. The lowest BCUT2D eigenvalue weighted by Gasteiger charge is -2.46. The van der Waals surface area contributed by atoms with Gasteiger partial charge in [-0.05, 0) is 55.0 Å². The molecule has 2 aliphatic heterocycles. The minimum Gasteiger partial charge on any atom is -0.481 e. The maximum atomic E-state index is 12.4. The highest BCUT2D eigenvalue weighted by Gasteiger charge is 2.40. The Morgan fingerprint density at radius 3 is 2.59 bits per heavy atom. The molecule has 2 heterocycles. The van der Waals surface area contributed by atoms with Gasteiger partial charge in [0.15, 0.2) is 0 Å². The van der Waals surface area contributed by atoms with Crippen LogP contribution < -0.4 is 4.90 Å². The predicted molar refractivity (Wildman–Crippen MR) is 109 cm³/mol. The van der Waals surface area contributed by atoms with E-state index in [1.54, 1.807) is 29.2 Å². The molecule has 0 aliphatic carbocycles. The highest BCUT2D eigenvalue weighted by atomic mass is 16.6. The minimum absolute atomic E-state index is 0.00655. The highest BCUT2D eigenvalue weighted by Crippen LogP contribution is 2.36. The van der Waals surface area contributed by atoms with E-state index >= 15 is 0 Å². The van der Waals surface area contributed by atoms with Crippen molar-refractivity contribution in [2.45, 2.75) is 52.2 Å². The molecule has 156 valence electrons. The second-order valence-electron chi connectivity index (χ2n) is 9.14. The first kappa shape index (κ1) is 21.1. The number of anilines is 1. The lowest BCUT2D eigenvalue weighted by Crippen LogP contribution is -2.52. The molecule has 1 aromatic rings. The van der Waals surface area contributed by atoms with Crippen LogP contribution in [0, 0.1) is 22.7 Å². The largest absolute Gasteiger partial charge is 0.481 e. The number of carbonyl (C=O) groups excluding carboxylic acids is 1. The average molecular weight is 399 g/mol. The Bertz CT molecular complexity index is 794. The Morgan fingerprint density at radius 1 is 1.31 bits per heavy atom. The second-order valence-corrected chi connectivity index (χ2v) is 9.14. The topological polar surface area (TPSA) is 93.9 Å². The molecule has 29 heavy (non-hydrogen) atoms. The summed E-state index contributed by atoms with van der Waals surface area (Å²) in [5.41, 5.74) is 1.28. The van der Waals surface area contributed by atoms with Gasteiger partial charge in [0.05, 0.1) is 18.2 Å². The SMILES string of the molecule is CC(C)(C)C1CC(CC(=O)O)CCN1CC1CN(c2ccc(C#N)cc2)C(=O)O1. The summed E-state index contributed by atoms with van der Waals surface area (Å²) >= 11 is 0. The Balaban J connectivity index is 1.66. The van der Waals surface area contributed by atoms with E-state index in [4.69, 9.17) is 15.1 Å². The number of aliphatic carboxylic acids is 1. The third kappa shape index (κ3) is 5.07. The quantitative estimate of drug-likeness (QED) is 0.815. The number of nitrogens with zero attached hydrogens (tertiary/aromatic N) is 3. The van der Waals surface area contributed by atoms with Crippen LogP contribution in [0.2, 0.25) is 0 Å². The summed E-state index contributed by atoms with van der Waals surface area (Å²) in [6.45, 7) is 8.45. The summed E-state index contributed by atoms with van der Waals surface area (Å²) in [4.78, 5) is 27.5. The van der Waals surface area contributed by atoms with Crippen molar-refractivity contribution in [3.05, 3.63) is 29.8 Å². The summed E-state index contributed by atoms with van der Waals surface area (Å²) in [6, 6.07) is 9.22. The number of hydrogen-bond donors (Lipinski definition) is 1. The van der Waals surface area contributed by atoms with Crippen molar-refractivity contribution < 1.29 is 19.4 Å². The third-order valence-corrected chi connectivity index (χ3v) is 5.91. The molecular weight excluding hydrogens is 370 g/mol. The molecule has 1 amide bonds. The Labute approximate surface area is 171 Å². The number of nitriles is 1. The van der Waals surface area contributed by atoms with Gasteiger partial charge in [0, 0.05) is 24.7 Å². The molecule has 1 aromatic carbocycles. The second kappa shape index (κ2) is 8.42. The Morgan fingerprint density at radius 2 is 2.00 bits per heavy atom. The Hall–Kier alpha value is -2.59. The highest BCUT2D eigenvalue weighted by molar-refractivity contribution is 5.89. The van der Waals surface area contributed by atoms with Crippen LogP contribution in [0.5, 0.6) is 0 Å². The normalized spacial score (nSPS) is 25.5. The standard InChI is InChI=1S/C22H29N3O4/c1-22(2,3)19-10-16(11-20(26)27)8-9-24(19)13-18-14-25(21(28)29-18)17-6-4-15(12-23)5-7-17/h4-7,16,18-19H,8-11,13-14H2,1-3H3,(H,26,27). The van der Waals surface area contributed by atoms with Gasteiger partial charge in [-0.15, -0.1) is 0 Å². The molecule has 7 nitrogen and oxygen atoms in total. The van der Waals surface area contributed by atoms with Crippen molar-refractivity contribution in [3.8, 4) is 6.07 Å². The molecule has 0 aromatic heterocycles. The molecule has 7 heteroatoms. The van der Waals surface area contributed by atoms with E-state index in [1.807, 2.05) is 0 Å². The summed E-state index contributed by atoms with van der Waals surface area (Å²) in [5.74, 6) is -0.548. The molecule has 0 radical (unpaired) electrons. The van der Waals surface area contributed by atoms with Crippen LogP contribution in [-0.4, -0.2) is 53.8 Å². The number of piperidine rings is 1. The molecule has 0 spiro atoms. The van der Waals surface area contributed by atoms with Crippen molar-refractivity contribution in [2.75, 3.05) is 24.5 Å². The number of rotatable bonds is 5. The number of cyclic esters (lactones) is 1. The first-order chi connectivity index (χ1) is 13.7. The van der Waals surface area contributed by atoms with E-state index in [0.717, 1.165) is 25.1 Å². The lowest BCUT2D eigenvalue weighted by atomic mass is 9.76. The first-order valence-electron chi connectivity index (χ1n) is 10.1. The number of ether oxygens (including phenoxy) is 1. The van der Waals surface area contributed by atoms with Crippen LogP contribution in [0.3, 0.4) is 0 Å². The zero-order valence-electron chi connectivity index (χ0n) is 17.3. The number of carbonyl (C=O) groups is 2. The number of benzene rings is 1. The molecule has 2 aliphatic rings. The van der Waals surface area contributed by atoms with Gasteiger partial charge in [-0.3, -0.25) is 14.6 Å². The predicted octanol–water partition coefficient (Wildman–Crippen LogP) is 3.48. The number of likely N-dealkylation sites (tertiary alicyclic amines) is 1. The van der Waals surface area contributed by atoms with Gasteiger partial charge in [0.25, 0.3) is 0 Å². The van der Waals surface area contributed by atoms with Crippen LogP contribution in [0.15, 0.2) is 24.3 Å². The first-order valence-corrected chi connectivity index (χ1v) is 10.1. The van der Waals surface area contributed by atoms with E-state index in [1.165, 1.54) is 0 Å². The van der Waals surface area contributed by atoms with Crippen molar-refractivity contribution in [2.24, 2.45) is 11.3 Å². The van der Waals surface area contributed by atoms with Gasteiger partial charge in [0.2, 0.25) is 0 Å². The van der Waals surface area contributed by atoms with Crippen molar-refractivity contribution in [3.63, 3.8) is 0 Å².